The number of pyridine rings is 2. The van der Waals surface area contributed by atoms with Crippen molar-refractivity contribution < 1.29 is 19.9 Å². The Hall–Kier alpha value is -4.91. The van der Waals surface area contributed by atoms with Gasteiger partial charge in [-0.15, -0.1) is 0 Å². The number of allylic oxidation sites excluding steroid dienone is 5. The number of aromatic nitrogens is 2. The van der Waals surface area contributed by atoms with Crippen LogP contribution >= 0.6 is 0 Å². The minimum Gasteiger partial charge on any atom is -0.412 e. The number of nitrogens with two attached hydrogens (primary N) is 1. The van der Waals surface area contributed by atoms with E-state index in [-0.39, 0.29) is 22.8 Å². The molecule has 0 spiro atoms. The molecule has 1 aliphatic rings. The minimum atomic E-state index is -0.127. The number of aryl methyl sites for hydroxylation is 2. The number of hydrogen-bond acceptors (Lipinski definition) is 7. The van der Waals surface area contributed by atoms with Gasteiger partial charge >= 0.3 is 0 Å². The van der Waals surface area contributed by atoms with Gasteiger partial charge in [-0.25, -0.2) is 9.97 Å². The monoisotopic (exact) mass is 567 g/mol. The van der Waals surface area contributed by atoms with Crippen LogP contribution in [0, 0.1) is 19.9 Å². The second kappa shape index (κ2) is 16.4. The van der Waals surface area contributed by atoms with Crippen molar-refractivity contribution in [3.05, 3.63) is 124 Å². The number of rotatable bonds is 5. The summed E-state index contributed by atoms with van der Waals surface area (Å²) in [7, 11) is 0. The first-order valence-electron chi connectivity index (χ1n) is 13.1. The zero-order valence-corrected chi connectivity index (χ0v) is 25.5. The number of hydrogen-bond donors (Lipinski definition) is 1. The number of aliphatic imine (C=N–C) groups is 1. The van der Waals surface area contributed by atoms with E-state index in [4.69, 9.17) is 5.73 Å². The fourth-order valence-corrected chi connectivity index (χ4v) is 3.62. The van der Waals surface area contributed by atoms with Gasteiger partial charge in [-0.3, -0.25) is 19.4 Å². The molecule has 0 bridgehead atoms. The largest absolute Gasteiger partial charge is 0.412 e. The SMILES string of the molecule is CC(=O)c1cccc(C(C)=Nc2c(C)cccc2C)n1.CC(=O)c1cccc(C(C)=O)n1.CC1=C[C+]=CC(C)=C1N.O. The van der Waals surface area contributed by atoms with E-state index in [0.717, 1.165) is 45.1 Å². The van der Waals surface area contributed by atoms with Gasteiger partial charge in [0.25, 0.3) is 0 Å². The summed E-state index contributed by atoms with van der Waals surface area (Å²) in [5.74, 6) is -0.289. The molecule has 0 atom stereocenters. The molecule has 3 aromatic rings. The quantitative estimate of drug-likeness (QED) is 0.219. The van der Waals surface area contributed by atoms with Gasteiger partial charge in [-0.1, -0.05) is 30.3 Å². The molecule has 0 aliphatic heterocycles. The molecule has 1 aliphatic carbocycles. The van der Waals surface area contributed by atoms with Crippen molar-refractivity contribution in [3.8, 4) is 0 Å². The molecular weight excluding hydrogens is 528 g/mol. The fourth-order valence-electron chi connectivity index (χ4n) is 3.62. The Kier molecular flexibility index (Phi) is 13.7. The van der Waals surface area contributed by atoms with Crippen LogP contribution in [-0.2, 0) is 0 Å². The Morgan fingerprint density at radius 1 is 0.690 bits per heavy atom. The highest BCUT2D eigenvalue weighted by atomic mass is 16.1. The summed E-state index contributed by atoms with van der Waals surface area (Å²) in [5.41, 5.74) is 14.7. The molecule has 1 aromatic carbocycles. The summed E-state index contributed by atoms with van der Waals surface area (Å²) in [6.07, 6.45) is 6.77. The van der Waals surface area contributed by atoms with Gasteiger partial charge in [-0.2, -0.15) is 0 Å². The molecule has 8 nitrogen and oxygen atoms in total. The maximum Gasteiger partial charge on any atom is 0.178 e. The molecule has 2 heterocycles. The number of para-hydroxylation sites is 1. The summed E-state index contributed by atoms with van der Waals surface area (Å²) in [4.78, 5) is 46.0. The first-order valence-corrected chi connectivity index (χ1v) is 13.1. The van der Waals surface area contributed by atoms with Crippen LogP contribution in [0.3, 0.4) is 0 Å². The second-order valence-corrected chi connectivity index (χ2v) is 9.66. The van der Waals surface area contributed by atoms with Crippen LogP contribution in [0.4, 0.5) is 5.69 Å². The number of nitrogens with zero attached hydrogens (tertiary/aromatic N) is 3. The number of carbonyl (C=O) groups is 3. The lowest BCUT2D eigenvalue weighted by atomic mass is 10.1. The van der Waals surface area contributed by atoms with E-state index in [9.17, 15) is 14.4 Å². The topological polar surface area (TPSA) is 147 Å². The Balaban J connectivity index is 0.000000342. The van der Waals surface area contributed by atoms with Crippen LogP contribution < -0.4 is 5.73 Å². The molecule has 0 saturated carbocycles. The van der Waals surface area contributed by atoms with Crippen LogP contribution in [-0.4, -0.2) is 38.5 Å². The van der Waals surface area contributed by atoms with Gasteiger partial charge in [0.1, 0.15) is 29.2 Å². The highest BCUT2D eigenvalue weighted by Gasteiger charge is 2.10. The van der Waals surface area contributed by atoms with Gasteiger partial charge in [0, 0.05) is 40.7 Å². The molecule has 0 radical (unpaired) electrons. The predicted molar refractivity (Wildman–Crippen MR) is 168 cm³/mol. The van der Waals surface area contributed by atoms with Crippen molar-refractivity contribution in [2.45, 2.75) is 55.4 Å². The molecule has 218 valence electrons. The Bertz CT molecular complexity index is 1530. The lowest BCUT2D eigenvalue weighted by Gasteiger charge is -2.07. The van der Waals surface area contributed by atoms with E-state index >= 15 is 0 Å². The third-order valence-corrected chi connectivity index (χ3v) is 6.12. The van der Waals surface area contributed by atoms with E-state index in [1.807, 2.05) is 77.1 Å². The molecule has 0 amide bonds. The third-order valence-electron chi connectivity index (χ3n) is 6.12. The van der Waals surface area contributed by atoms with E-state index in [1.165, 1.54) is 20.8 Å². The Labute approximate surface area is 248 Å². The van der Waals surface area contributed by atoms with Crippen molar-refractivity contribution in [2.24, 2.45) is 10.7 Å². The fraction of sp³-hybridized carbons (Fsp3) is 0.235. The van der Waals surface area contributed by atoms with E-state index in [0.29, 0.717) is 17.1 Å². The summed E-state index contributed by atoms with van der Waals surface area (Å²) < 4.78 is 0. The molecule has 2 aromatic heterocycles. The smallest absolute Gasteiger partial charge is 0.178 e. The van der Waals surface area contributed by atoms with Crippen LogP contribution in [0.5, 0.6) is 0 Å². The summed E-state index contributed by atoms with van der Waals surface area (Å²) >= 11 is 0. The lowest BCUT2D eigenvalue weighted by molar-refractivity contribution is 0.0995. The average Bonchev–Trinajstić information content (AvgIpc) is 2.94. The van der Waals surface area contributed by atoms with Gasteiger partial charge in [0.2, 0.25) is 0 Å². The van der Waals surface area contributed by atoms with Crippen molar-refractivity contribution in [2.75, 3.05) is 0 Å². The maximum absolute atomic E-state index is 11.4. The molecule has 0 unspecified atom stereocenters. The molecule has 0 saturated heterocycles. The number of carbonyl (C=O) groups excluding carboxylic acids is 3. The maximum atomic E-state index is 11.4. The van der Waals surface area contributed by atoms with Gasteiger partial charge in [0.15, 0.2) is 23.0 Å². The molecule has 8 heteroatoms. The van der Waals surface area contributed by atoms with E-state index < -0.39 is 0 Å². The lowest BCUT2D eigenvalue weighted by Crippen LogP contribution is -2.04. The zero-order chi connectivity index (χ0) is 30.7. The molecule has 4 N–H and O–H groups in total. The van der Waals surface area contributed by atoms with Crippen molar-refractivity contribution in [3.63, 3.8) is 0 Å². The first-order chi connectivity index (χ1) is 19.3. The van der Waals surface area contributed by atoms with Crippen molar-refractivity contribution in [1.29, 1.82) is 0 Å². The van der Waals surface area contributed by atoms with Crippen LogP contribution in [0.2, 0.25) is 0 Å². The molecule has 4 rings (SSSR count). The molecule has 0 fully saturated rings. The highest BCUT2D eigenvalue weighted by molar-refractivity contribution is 6.00. The van der Waals surface area contributed by atoms with Gasteiger partial charge in [0.05, 0.1) is 28.2 Å². The normalized spacial score (nSPS) is 11.9. The van der Waals surface area contributed by atoms with Crippen molar-refractivity contribution in [1.82, 2.24) is 9.97 Å². The third kappa shape index (κ3) is 10.2. The molecule has 42 heavy (non-hydrogen) atoms. The zero-order valence-electron chi connectivity index (χ0n) is 25.5. The van der Waals surface area contributed by atoms with Gasteiger partial charge in [-0.05, 0) is 56.2 Å². The Morgan fingerprint density at radius 3 is 1.50 bits per heavy atom. The first kappa shape index (κ1) is 35.1. The average molecular weight is 568 g/mol. The summed E-state index contributed by atoms with van der Waals surface area (Å²) in [6.45, 7) is 14.3. The molecular formula is C34H39N4O4+. The van der Waals surface area contributed by atoms with Crippen molar-refractivity contribution >= 4 is 28.7 Å². The van der Waals surface area contributed by atoms with Gasteiger partial charge < -0.3 is 11.2 Å². The van der Waals surface area contributed by atoms with E-state index in [1.54, 1.807) is 24.3 Å². The number of benzene rings is 1. The minimum absolute atomic E-state index is 0. The van der Waals surface area contributed by atoms with Crippen LogP contribution in [0.1, 0.15) is 89.8 Å². The number of ketones is 3. The summed E-state index contributed by atoms with van der Waals surface area (Å²) in [5, 5.41) is 0. The second-order valence-electron chi connectivity index (χ2n) is 9.66. The highest BCUT2D eigenvalue weighted by Crippen LogP contribution is 2.24. The van der Waals surface area contributed by atoms with E-state index in [2.05, 4.69) is 21.0 Å². The number of Topliss-reactive ketones (excluding diaryl/α,β-unsaturated/α-hetero) is 3. The predicted octanol–water partition coefficient (Wildman–Crippen LogP) is 6.24. The van der Waals surface area contributed by atoms with Crippen LogP contribution in [0.15, 0.2) is 88.6 Å². The summed E-state index contributed by atoms with van der Waals surface area (Å²) in [6, 6.07) is 16.4. The Morgan fingerprint density at radius 2 is 1.10 bits per heavy atom. The van der Waals surface area contributed by atoms with Crippen LogP contribution in [0.25, 0.3) is 0 Å². The standard InChI is InChI=1S/C17H18N2O.C9H9NO2.C8H10N.H2O/c1-11-7-5-8-12(2)17(11)18-13(3)15-9-6-10-16(19-15)14(4)20;1-6(11)8-4-3-5-9(10-8)7(2)12;1-6-4-3-5-7(2)8(6)9;/h5-10H,1-4H3;3-5H,1-2H3;4-5H,9H2,1-2H3;1H2/q;;+1;.